The fourth-order valence-electron chi connectivity index (χ4n) is 10.3. The Kier molecular flexibility index (Phi) is 15.7. The Hall–Kier alpha value is -4.31. The van der Waals surface area contributed by atoms with Crippen LogP contribution in [0.1, 0.15) is 126 Å². The molecule has 2 heterocycles. The highest BCUT2D eigenvalue weighted by atomic mass is 16.7. The molecule has 4 saturated carbocycles. The molecule has 0 amide bonds. The van der Waals surface area contributed by atoms with Crippen LogP contribution in [0.5, 0.6) is 11.5 Å². The zero-order valence-corrected chi connectivity index (χ0v) is 35.2. The molecule has 6 fully saturated rings. The number of aryl methyl sites for hydroxylation is 1. The van der Waals surface area contributed by atoms with Gasteiger partial charge in [-0.05, 0) is 169 Å². The van der Waals surface area contributed by atoms with Crippen LogP contribution in [0.3, 0.4) is 0 Å². The van der Waals surface area contributed by atoms with Gasteiger partial charge >= 0.3 is 11.9 Å². The molecule has 4 aliphatic carbocycles. The first-order valence-electron chi connectivity index (χ1n) is 22.6. The maximum atomic E-state index is 12.7. The summed E-state index contributed by atoms with van der Waals surface area (Å²) in [6.45, 7) is 12.0. The van der Waals surface area contributed by atoms with E-state index in [0.29, 0.717) is 54.5 Å². The molecule has 11 heteroatoms. The van der Waals surface area contributed by atoms with Gasteiger partial charge in [-0.1, -0.05) is 18.9 Å². The van der Waals surface area contributed by atoms with E-state index in [-0.39, 0.29) is 35.2 Å². The van der Waals surface area contributed by atoms with Gasteiger partial charge in [0.05, 0.1) is 73.7 Å². The van der Waals surface area contributed by atoms with Gasteiger partial charge in [-0.15, -0.1) is 0 Å². The summed E-state index contributed by atoms with van der Waals surface area (Å²) in [5.74, 6) is 4.10. The van der Waals surface area contributed by atoms with Gasteiger partial charge in [-0.2, -0.15) is 10.5 Å². The molecule has 2 aromatic carbocycles. The predicted octanol–water partition coefficient (Wildman–Crippen LogP) is 9.94. The van der Waals surface area contributed by atoms with Crippen molar-refractivity contribution in [1.82, 2.24) is 0 Å². The summed E-state index contributed by atoms with van der Waals surface area (Å²) < 4.78 is 33.0. The summed E-state index contributed by atoms with van der Waals surface area (Å²) in [4.78, 5) is 28.7. The van der Waals surface area contributed by atoms with Crippen LogP contribution in [0.25, 0.3) is 4.85 Å². The SMILES string of the molecule is N#Cc1ccc(OC(=O)C2CCC(C3CCC(OCOCC4CO4)CC3)CC2)cc1.[C-]#[N+]c1c(OC(=O)C2CCC(C3CCC(CC4CO4)CC3)CC2)ccc(C)c1C#N. The Balaban J connectivity index is 0.000000181. The number of ether oxygens (including phenoxy) is 6. The molecule has 0 N–H and O–H groups in total. The average Bonchev–Trinajstić information content (AvgIpc) is 4.25. The molecule has 11 nitrogen and oxygen atoms in total. The molecule has 6 aliphatic rings. The second-order valence-electron chi connectivity index (χ2n) is 18.1. The Morgan fingerprint density at radius 2 is 1.23 bits per heavy atom. The number of carbonyl (C=O) groups excluding carboxylic acids is 2. The highest BCUT2D eigenvalue weighted by molar-refractivity contribution is 5.79. The van der Waals surface area contributed by atoms with Gasteiger partial charge in [0.2, 0.25) is 5.69 Å². The lowest BCUT2D eigenvalue weighted by atomic mass is 9.68. The van der Waals surface area contributed by atoms with Gasteiger partial charge in [0, 0.05) is 0 Å². The van der Waals surface area contributed by atoms with E-state index < -0.39 is 0 Å². The smallest absolute Gasteiger partial charge is 0.314 e. The van der Waals surface area contributed by atoms with Crippen LogP contribution in [-0.2, 0) is 28.5 Å². The quantitative estimate of drug-likeness (QED) is 0.0478. The Morgan fingerprint density at radius 1 is 0.700 bits per heavy atom. The largest absolute Gasteiger partial charge is 0.438 e. The van der Waals surface area contributed by atoms with E-state index in [2.05, 4.69) is 17.0 Å². The second kappa shape index (κ2) is 21.5. The third kappa shape index (κ3) is 12.4. The molecule has 320 valence electrons. The molecule has 2 atom stereocenters. The van der Waals surface area contributed by atoms with E-state index in [0.717, 1.165) is 107 Å². The van der Waals surface area contributed by atoms with E-state index in [1.165, 1.54) is 44.9 Å². The number of rotatable bonds is 13. The maximum absolute atomic E-state index is 12.7. The van der Waals surface area contributed by atoms with Crippen molar-refractivity contribution in [2.45, 2.75) is 134 Å². The zero-order chi connectivity index (χ0) is 41.8. The van der Waals surface area contributed by atoms with Crippen molar-refractivity contribution in [3.63, 3.8) is 0 Å². The summed E-state index contributed by atoms with van der Waals surface area (Å²) in [5.41, 5.74) is 1.73. The van der Waals surface area contributed by atoms with Crippen molar-refractivity contribution < 1.29 is 38.0 Å². The van der Waals surface area contributed by atoms with Crippen molar-refractivity contribution in [3.8, 4) is 23.6 Å². The summed E-state index contributed by atoms with van der Waals surface area (Å²) in [6, 6.07) is 14.2. The number of esters is 2. The van der Waals surface area contributed by atoms with E-state index in [1.807, 2.05) is 0 Å². The highest BCUT2D eigenvalue weighted by Crippen LogP contribution is 2.44. The van der Waals surface area contributed by atoms with Crippen LogP contribution < -0.4 is 9.47 Å². The Morgan fingerprint density at radius 3 is 1.75 bits per heavy atom. The minimum Gasteiger partial charge on any atom is -0.438 e. The number of hydrogen-bond acceptors (Lipinski definition) is 10. The molecular formula is C49H61N3O8. The molecule has 8 rings (SSSR count). The lowest BCUT2D eigenvalue weighted by molar-refractivity contribution is -0.141. The van der Waals surface area contributed by atoms with Crippen LogP contribution in [-0.4, -0.2) is 56.9 Å². The number of carbonyl (C=O) groups is 2. The average molecular weight is 820 g/mol. The van der Waals surface area contributed by atoms with Crippen LogP contribution in [0.2, 0.25) is 0 Å². The molecule has 0 spiro atoms. The van der Waals surface area contributed by atoms with Crippen molar-refractivity contribution in [2.75, 3.05) is 26.6 Å². The molecule has 2 unspecified atom stereocenters. The second-order valence-corrected chi connectivity index (χ2v) is 18.1. The molecule has 0 bridgehead atoms. The predicted molar refractivity (Wildman–Crippen MR) is 223 cm³/mol. The van der Waals surface area contributed by atoms with Crippen LogP contribution in [0, 0.1) is 77.6 Å². The van der Waals surface area contributed by atoms with Crippen molar-refractivity contribution >= 4 is 17.6 Å². The first-order valence-corrected chi connectivity index (χ1v) is 22.6. The molecule has 2 aliphatic heterocycles. The molecule has 2 aromatic rings. The molecule has 60 heavy (non-hydrogen) atoms. The molecular weight excluding hydrogens is 759 g/mol. The maximum Gasteiger partial charge on any atom is 0.314 e. The summed E-state index contributed by atoms with van der Waals surface area (Å²) in [6.07, 6.45) is 20.3. The minimum absolute atomic E-state index is 0.0100. The van der Waals surface area contributed by atoms with Gasteiger partial charge in [0.15, 0.2) is 0 Å². The van der Waals surface area contributed by atoms with Gasteiger partial charge < -0.3 is 28.4 Å². The molecule has 0 radical (unpaired) electrons. The fourth-order valence-corrected chi connectivity index (χ4v) is 10.3. The van der Waals surface area contributed by atoms with Gasteiger partial charge in [-0.3, -0.25) is 9.59 Å². The number of benzene rings is 2. The van der Waals surface area contributed by atoms with E-state index in [1.54, 1.807) is 43.3 Å². The zero-order valence-electron chi connectivity index (χ0n) is 35.2. The Bertz CT molecular complexity index is 1860. The molecule has 0 aromatic heterocycles. The highest BCUT2D eigenvalue weighted by Gasteiger charge is 2.37. The Labute approximate surface area is 355 Å². The van der Waals surface area contributed by atoms with E-state index in [4.69, 9.17) is 40.3 Å². The first-order chi connectivity index (χ1) is 29.3. The van der Waals surface area contributed by atoms with Crippen LogP contribution in [0.4, 0.5) is 5.69 Å². The third-order valence-electron chi connectivity index (χ3n) is 14.2. The lowest BCUT2D eigenvalue weighted by Gasteiger charge is -2.37. The number of nitriles is 2. The molecule has 2 saturated heterocycles. The number of hydrogen-bond donors (Lipinski definition) is 0. The van der Waals surface area contributed by atoms with Crippen LogP contribution in [0.15, 0.2) is 36.4 Å². The summed E-state index contributed by atoms with van der Waals surface area (Å²) in [5, 5.41) is 18.2. The first kappa shape index (κ1) is 43.8. The fraction of sp³-hybridized carbons (Fsp3) is 0.653. The van der Waals surface area contributed by atoms with Gasteiger partial charge in [0.1, 0.15) is 24.4 Å². The van der Waals surface area contributed by atoms with Crippen molar-refractivity contribution in [2.24, 2.45) is 41.4 Å². The van der Waals surface area contributed by atoms with Gasteiger partial charge in [0.25, 0.3) is 0 Å². The monoisotopic (exact) mass is 819 g/mol. The standard InChI is InChI=1S/C25H30N2O3.C24H31NO5/c1-16-3-12-23(24(27-2)22(16)14-26)30-25(28)20-10-8-19(9-11-20)18-6-4-17(5-7-18)13-21-15-29-21;25-13-17-1-9-22(10-2-17)30-24(26)20-5-3-18(4-6-20)19-7-11-21(12-8-19)29-16-27-14-23-15-28-23/h3,12,17-21H,4-11,13,15H2,1H3;1-2,9-10,18-21,23H,3-8,11-12,14-16H2. The third-order valence-corrected chi connectivity index (χ3v) is 14.2. The summed E-state index contributed by atoms with van der Waals surface area (Å²) >= 11 is 0. The van der Waals surface area contributed by atoms with Crippen molar-refractivity contribution in [3.05, 3.63) is 64.5 Å². The van der Waals surface area contributed by atoms with E-state index >= 15 is 0 Å². The normalized spacial score (nSPS) is 30.8. The number of nitrogens with zero attached hydrogens (tertiary/aromatic N) is 3. The van der Waals surface area contributed by atoms with Crippen LogP contribution >= 0.6 is 0 Å². The van der Waals surface area contributed by atoms with Crippen molar-refractivity contribution in [1.29, 1.82) is 10.5 Å². The van der Waals surface area contributed by atoms with Gasteiger partial charge in [-0.25, -0.2) is 4.85 Å². The van der Waals surface area contributed by atoms with E-state index in [9.17, 15) is 14.9 Å². The number of epoxide rings is 2. The lowest BCUT2D eigenvalue weighted by Crippen LogP contribution is -2.31. The minimum atomic E-state index is -0.251. The summed E-state index contributed by atoms with van der Waals surface area (Å²) in [7, 11) is 0. The topological polar surface area (TPSA) is 148 Å².